The van der Waals surface area contributed by atoms with Gasteiger partial charge >= 0.3 is 0 Å². The topological polar surface area (TPSA) is 72.1 Å². The fraction of sp³-hybridized carbons (Fsp3) is 0.536. The summed E-state index contributed by atoms with van der Waals surface area (Å²) in [7, 11) is 0. The van der Waals surface area contributed by atoms with Crippen molar-refractivity contribution in [1.82, 2.24) is 9.80 Å². The van der Waals surface area contributed by atoms with Crippen molar-refractivity contribution in [2.24, 2.45) is 11.1 Å². The molecule has 2 aliphatic heterocycles. The van der Waals surface area contributed by atoms with E-state index in [1.165, 1.54) is 12.4 Å². The number of aromatic nitrogens is 1. The highest BCUT2D eigenvalue weighted by Gasteiger charge is 2.39. The second kappa shape index (κ2) is 11.3. The number of amides is 1. The van der Waals surface area contributed by atoms with Gasteiger partial charge < -0.3 is 14.9 Å². The Balaban J connectivity index is 1.38. The predicted molar refractivity (Wildman–Crippen MR) is 145 cm³/mol. The Kier molecular flexibility index (Phi) is 8.35. The standard InChI is InChI=1S/C28H37BrN4O3/c1-5-36-30-26(22-6-8-24(29)9-7-22)23-10-14-32(15-11-23)28(4)12-16-31(17-13-28)27(34)25-20(2)18-33(35)19-21(25)3/h6-9,18-19,23H,5,10-17H2,1-4H3/b30-26-. The van der Waals surface area contributed by atoms with Crippen LogP contribution in [0.2, 0.25) is 0 Å². The Bertz CT molecular complexity index is 1080. The zero-order valence-electron chi connectivity index (χ0n) is 21.8. The van der Waals surface area contributed by atoms with Gasteiger partial charge in [0.15, 0.2) is 12.4 Å². The van der Waals surface area contributed by atoms with Gasteiger partial charge in [0.1, 0.15) is 6.61 Å². The van der Waals surface area contributed by atoms with E-state index in [0.717, 1.165) is 83.5 Å². The van der Waals surface area contributed by atoms with Gasteiger partial charge in [-0.3, -0.25) is 9.69 Å². The minimum Gasteiger partial charge on any atom is -0.619 e. The Morgan fingerprint density at radius 1 is 1.11 bits per heavy atom. The number of piperidine rings is 2. The maximum atomic E-state index is 13.3. The van der Waals surface area contributed by atoms with Crippen LogP contribution < -0.4 is 4.73 Å². The van der Waals surface area contributed by atoms with Crippen molar-refractivity contribution in [3.05, 3.63) is 68.6 Å². The average Bonchev–Trinajstić information content (AvgIpc) is 2.85. The van der Waals surface area contributed by atoms with Crippen molar-refractivity contribution in [3.63, 3.8) is 0 Å². The molecule has 7 nitrogen and oxygen atoms in total. The molecule has 1 aromatic heterocycles. The summed E-state index contributed by atoms with van der Waals surface area (Å²) in [5.41, 5.74) is 4.39. The highest BCUT2D eigenvalue weighted by atomic mass is 79.9. The minimum absolute atomic E-state index is 0.0395. The summed E-state index contributed by atoms with van der Waals surface area (Å²) in [6.07, 6.45) is 6.94. The molecule has 36 heavy (non-hydrogen) atoms. The Morgan fingerprint density at radius 2 is 1.69 bits per heavy atom. The van der Waals surface area contributed by atoms with E-state index in [1.54, 1.807) is 0 Å². The quantitative estimate of drug-likeness (QED) is 0.221. The molecule has 0 N–H and O–H groups in total. The average molecular weight is 558 g/mol. The van der Waals surface area contributed by atoms with Crippen molar-refractivity contribution in [2.75, 3.05) is 32.8 Å². The summed E-state index contributed by atoms with van der Waals surface area (Å²) in [5.74, 6) is 0.407. The summed E-state index contributed by atoms with van der Waals surface area (Å²) < 4.78 is 1.83. The van der Waals surface area contributed by atoms with E-state index in [-0.39, 0.29) is 11.4 Å². The summed E-state index contributed by atoms with van der Waals surface area (Å²) in [6, 6.07) is 8.32. The molecule has 2 fully saturated rings. The number of benzene rings is 1. The Labute approximate surface area is 222 Å². The number of nitrogens with zero attached hydrogens (tertiary/aromatic N) is 4. The maximum absolute atomic E-state index is 13.3. The molecular weight excluding hydrogens is 520 g/mol. The Hall–Kier alpha value is -2.45. The lowest BCUT2D eigenvalue weighted by molar-refractivity contribution is -0.606. The maximum Gasteiger partial charge on any atom is 0.254 e. The number of hydrogen-bond acceptors (Lipinski definition) is 5. The second-order valence-electron chi connectivity index (χ2n) is 10.3. The van der Waals surface area contributed by atoms with Crippen molar-refractivity contribution >= 4 is 27.5 Å². The normalized spacial score (nSPS) is 19.4. The minimum atomic E-state index is 0.0395. The number of pyridine rings is 1. The number of carbonyl (C=O) groups is 1. The van der Waals surface area contributed by atoms with Crippen molar-refractivity contribution < 1.29 is 14.4 Å². The molecule has 0 spiro atoms. The molecule has 2 saturated heterocycles. The van der Waals surface area contributed by atoms with Crippen LogP contribution in [-0.4, -0.2) is 59.7 Å². The van der Waals surface area contributed by atoms with Crippen LogP contribution in [0, 0.1) is 25.0 Å². The summed E-state index contributed by atoms with van der Waals surface area (Å²) in [5, 5.41) is 16.2. The van der Waals surface area contributed by atoms with Crippen LogP contribution in [0.25, 0.3) is 0 Å². The van der Waals surface area contributed by atoms with E-state index < -0.39 is 0 Å². The molecular formula is C28H37BrN4O3. The van der Waals surface area contributed by atoms with Crippen LogP contribution in [0.5, 0.6) is 0 Å². The molecule has 0 saturated carbocycles. The van der Waals surface area contributed by atoms with E-state index >= 15 is 0 Å². The lowest BCUT2D eigenvalue weighted by atomic mass is 9.82. The molecule has 3 heterocycles. The number of carbonyl (C=O) groups excluding carboxylic acids is 1. The monoisotopic (exact) mass is 556 g/mol. The highest BCUT2D eigenvalue weighted by molar-refractivity contribution is 9.10. The smallest absolute Gasteiger partial charge is 0.254 e. The largest absolute Gasteiger partial charge is 0.619 e. The van der Waals surface area contributed by atoms with Crippen molar-refractivity contribution in [1.29, 1.82) is 0 Å². The molecule has 8 heteroatoms. The first-order valence-corrected chi connectivity index (χ1v) is 13.7. The summed E-state index contributed by atoms with van der Waals surface area (Å²) in [4.78, 5) is 23.3. The van der Waals surface area contributed by atoms with E-state index in [9.17, 15) is 10.0 Å². The third kappa shape index (κ3) is 5.75. The molecule has 0 aliphatic carbocycles. The van der Waals surface area contributed by atoms with E-state index in [2.05, 4.69) is 57.2 Å². The number of oxime groups is 1. The van der Waals surface area contributed by atoms with Gasteiger partial charge in [-0.1, -0.05) is 33.2 Å². The van der Waals surface area contributed by atoms with E-state index in [0.29, 0.717) is 18.1 Å². The first kappa shape index (κ1) is 26.6. The first-order chi connectivity index (χ1) is 17.2. The predicted octanol–water partition coefficient (Wildman–Crippen LogP) is 4.85. The van der Waals surface area contributed by atoms with E-state index in [1.807, 2.05) is 25.7 Å². The number of likely N-dealkylation sites (tertiary alicyclic amines) is 2. The molecule has 1 amide bonds. The Morgan fingerprint density at radius 3 is 2.25 bits per heavy atom. The molecule has 0 unspecified atom stereocenters. The van der Waals surface area contributed by atoms with Crippen LogP contribution in [0.1, 0.15) is 66.6 Å². The second-order valence-corrected chi connectivity index (χ2v) is 11.2. The first-order valence-electron chi connectivity index (χ1n) is 12.9. The van der Waals surface area contributed by atoms with Gasteiger partial charge in [0.2, 0.25) is 0 Å². The van der Waals surface area contributed by atoms with Crippen LogP contribution in [0.4, 0.5) is 0 Å². The van der Waals surface area contributed by atoms with Crippen LogP contribution in [-0.2, 0) is 4.84 Å². The molecule has 4 rings (SSSR count). The molecule has 194 valence electrons. The number of halogens is 1. The third-order valence-electron chi connectivity index (χ3n) is 7.85. The van der Waals surface area contributed by atoms with Gasteiger partial charge in [-0.25, -0.2) is 0 Å². The molecule has 2 aromatic rings. The van der Waals surface area contributed by atoms with Gasteiger partial charge in [-0.15, -0.1) is 0 Å². The lowest BCUT2D eigenvalue weighted by Gasteiger charge is -2.49. The zero-order chi connectivity index (χ0) is 25.9. The van der Waals surface area contributed by atoms with Gasteiger partial charge in [-0.05, 0) is 84.2 Å². The third-order valence-corrected chi connectivity index (χ3v) is 8.38. The van der Waals surface area contributed by atoms with Gasteiger partial charge in [-0.2, -0.15) is 4.73 Å². The number of rotatable bonds is 6. The van der Waals surface area contributed by atoms with Gasteiger partial charge in [0.25, 0.3) is 5.91 Å². The fourth-order valence-corrected chi connectivity index (χ4v) is 5.94. The number of hydrogen-bond donors (Lipinski definition) is 0. The van der Waals surface area contributed by atoms with Crippen LogP contribution in [0.15, 0.2) is 46.3 Å². The SMILES string of the molecule is CCO/N=C(/c1ccc(Br)cc1)C1CCN(C2(C)CCN(C(=O)c3c(C)c[n+]([O-])cc3C)CC2)CC1. The zero-order valence-corrected chi connectivity index (χ0v) is 23.4. The molecule has 0 atom stereocenters. The van der Waals surface area contributed by atoms with Crippen LogP contribution >= 0.6 is 15.9 Å². The van der Waals surface area contributed by atoms with Crippen LogP contribution in [0.3, 0.4) is 0 Å². The summed E-state index contributed by atoms with van der Waals surface area (Å²) in [6.45, 7) is 12.0. The molecule has 2 aliphatic rings. The van der Waals surface area contributed by atoms with Crippen molar-refractivity contribution in [3.8, 4) is 0 Å². The van der Waals surface area contributed by atoms with Crippen molar-refractivity contribution in [2.45, 2.75) is 58.9 Å². The molecule has 0 radical (unpaired) electrons. The van der Waals surface area contributed by atoms with E-state index in [4.69, 9.17) is 4.84 Å². The molecule has 1 aromatic carbocycles. The number of aryl methyl sites for hydroxylation is 2. The van der Waals surface area contributed by atoms with Gasteiger partial charge in [0, 0.05) is 40.1 Å². The van der Waals surface area contributed by atoms with Gasteiger partial charge in [0.05, 0.1) is 11.3 Å². The highest BCUT2D eigenvalue weighted by Crippen LogP contribution is 2.34. The fourth-order valence-electron chi connectivity index (χ4n) is 5.67. The molecule has 0 bridgehead atoms. The summed E-state index contributed by atoms with van der Waals surface area (Å²) >= 11 is 3.52. The lowest BCUT2D eigenvalue weighted by Crippen LogP contribution is -2.56.